The van der Waals surface area contributed by atoms with Crippen molar-refractivity contribution in [1.29, 1.82) is 0 Å². The molecule has 4 nitrogen and oxygen atoms in total. The van der Waals surface area contributed by atoms with Crippen molar-refractivity contribution in [3.8, 4) is 0 Å². The largest absolute Gasteiger partial charge is 0.392 e. The van der Waals surface area contributed by atoms with E-state index in [9.17, 15) is 5.11 Å². The Kier molecular flexibility index (Phi) is 4.19. The second-order valence-corrected chi connectivity index (χ2v) is 5.36. The monoisotopic (exact) mass is 228 g/mol. The van der Waals surface area contributed by atoms with Crippen LogP contribution in [0.3, 0.4) is 0 Å². The van der Waals surface area contributed by atoms with Crippen molar-refractivity contribution in [2.75, 3.05) is 46.4 Å². The first-order valence-corrected chi connectivity index (χ1v) is 6.37. The second-order valence-electron chi connectivity index (χ2n) is 5.36. The van der Waals surface area contributed by atoms with Crippen molar-refractivity contribution >= 4 is 0 Å². The lowest BCUT2D eigenvalue weighted by Gasteiger charge is -2.37. The molecule has 0 bridgehead atoms. The quantitative estimate of drug-likeness (QED) is 0.715. The molecule has 0 aromatic heterocycles. The van der Waals surface area contributed by atoms with Gasteiger partial charge in [0.05, 0.1) is 12.7 Å². The highest BCUT2D eigenvalue weighted by atomic mass is 16.5. The number of ether oxygens (including phenoxy) is 1. The molecule has 16 heavy (non-hydrogen) atoms. The Labute approximate surface area is 98.0 Å². The van der Waals surface area contributed by atoms with Crippen molar-refractivity contribution in [3.05, 3.63) is 0 Å². The molecule has 2 fully saturated rings. The third-order valence-corrected chi connectivity index (χ3v) is 3.78. The lowest BCUT2D eigenvalue weighted by Crippen LogP contribution is -2.48. The van der Waals surface area contributed by atoms with Gasteiger partial charge in [0.1, 0.15) is 0 Å². The zero-order valence-electron chi connectivity index (χ0n) is 10.2. The summed E-state index contributed by atoms with van der Waals surface area (Å²) in [4.78, 5) is 2.40. The molecule has 0 amide bonds. The minimum Gasteiger partial charge on any atom is -0.392 e. The highest BCUT2D eigenvalue weighted by molar-refractivity contribution is 4.89. The summed E-state index contributed by atoms with van der Waals surface area (Å²) in [5.74, 6) is 0. The first-order valence-electron chi connectivity index (χ1n) is 6.37. The van der Waals surface area contributed by atoms with E-state index in [-0.39, 0.29) is 11.5 Å². The number of nitrogens with one attached hydrogen (secondary N) is 1. The molecule has 2 aliphatic rings. The van der Waals surface area contributed by atoms with Crippen molar-refractivity contribution in [2.45, 2.75) is 25.4 Å². The van der Waals surface area contributed by atoms with Gasteiger partial charge in [0, 0.05) is 31.7 Å². The highest BCUT2D eigenvalue weighted by Crippen LogP contribution is 2.30. The molecular weight excluding hydrogens is 204 g/mol. The second kappa shape index (κ2) is 5.45. The molecule has 2 unspecified atom stereocenters. The smallest absolute Gasteiger partial charge is 0.0667 e. The molecule has 2 aliphatic heterocycles. The van der Waals surface area contributed by atoms with Crippen LogP contribution < -0.4 is 5.32 Å². The fourth-order valence-electron chi connectivity index (χ4n) is 2.99. The maximum absolute atomic E-state index is 9.68. The van der Waals surface area contributed by atoms with E-state index < -0.39 is 0 Å². The Bertz CT molecular complexity index is 217. The van der Waals surface area contributed by atoms with Gasteiger partial charge in [-0.3, -0.25) is 0 Å². The summed E-state index contributed by atoms with van der Waals surface area (Å²) in [5, 5.41) is 13.0. The molecule has 2 atom stereocenters. The van der Waals surface area contributed by atoms with Crippen LogP contribution in [0, 0.1) is 5.41 Å². The third-order valence-electron chi connectivity index (χ3n) is 3.78. The lowest BCUT2D eigenvalue weighted by atomic mass is 9.86. The summed E-state index contributed by atoms with van der Waals surface area (Å²) in [6, 6.07) is 0. The SMILES string of the molecule is CNCC1(CN2CCCC(O)C2)CCOC1. The number of hydrogen-bond acceptors (Lipinski definition) is 4. The van der Waals surface area contributed by atoms with Gasteiger partial charge < -0.3 is 20.1 Å². The number of aliphatic hydroxyl groups excluding tert-OH is 1. The van der Waals surface area contributed by atoms with Crippen LogP contribution in [0.25, 0.3) is 0 Å². The highest BCUT2D eigenvalue weighted by Gasteiger charge is 2.36. The molecule has 0 spiro atoms. The Balaban J connectivity index is 1.89. The van der Waals surface area contributed by atoms with Crippen LogP contribution in [-0.2, 0) is 4.74 Å². The van der Waals surface area contributed by atoms with Gasteiger partial charge in [-0.25, -0.2) is 0 Å². The number of rotatable bonds is 4. The van der Waals surface area contributed by atoms with Gasteiger partial charge >= 0.3 is 0 Å². The third kappa shape index (κ3) is 2.94. The van der Waals surface area contributed by atoms with Crippen molar-refractivity contribution in [2.24, 2.45) is 5.41 Å². The molecule has 0 aromatic rings. The van der Waals surface area contributed by atoms with Gasteiger partial charge in [-0.1, -0.05) is 0 Å². The zero-order valence-corrected chi connectivity index (χ0v) is 10.2. The first-order chi connectivity index (χ1) is 7.74. The minimum absolute atomic E-state index is 0.122. The standard InChI is InChI=1S/C12H24N2O2/c1-13-8-12(4-6-16-10-12)9-14-5-2-3-11(15)7-14/h11,13,15H,2-10H2,1H3. The van der Waals surface area contributed by atoms with Gasteiger partial charge in [0.2, 0.25) is 0 Å². The molecule has 4 heteroatoms. The maximum Gasteiger partial charge on any atom is 0.0667 e. The zero-order chi connectivity index (χ0) is 11.4. The average Bonchev–Trinajstić information content (AvgIpc) is 2.67. The van der Waals surface area contributed by atoms with Crippen LogP contribution in [0.2, 0.25) is 0 Å². The van der Waals surface area contributed by atoms with Crippen LogP contribution in [0.5, 0.6) is 0 Å². The van der Waals surface area contributed by atoms with Gasteiger partial charge in [0.15, 0.2) is 0 Å². The van der Waals surface area contributed by atoms with Crippen LogP contribution in [0.1, 0.15) is 19.3 Å². The van der Waals surface area contributed by atoms with Crippen LogP contribution in [0.15, 0.2) is 0 Å². The van der Waals surface area contributed by atoms with E-state index >= 15 is 0 Å². The van der Waals surface area contributed by atoms with E-state index in [4.69, 9.17) is 4.74 Å². The molecule has 0 saturated carbocycles. The molecule has 2 saturated heterocycles. The number of nitrogens with zero attached hydrogens (tertiary/aromatic N) is 1. The van der Waals surface area contributed by atoms with Crippen LogP contribution >= 0.6 is 0 Å². The predicted octanol–water partition coefficient (Wildman–Crippen LogP) is 0.0692. The number of hydrogen-bond donors (Lipinski definition) is 2. The predicted molar refractivity (Wildman–Crippen MR) is 63.5 cm³/mol. The number of β-amino-alcohol motifs (C(OH)–C–C–N with tert-alkyl or cyclic N) is 1. The molecule has 2 rings (SSSR count). The van der Waals surface area contributed by atoms with Crippen LogP contribution in [-0.4, -0.2) is 62.6 Å². The van der Waals surface area contributed by atoms with Crippen molar-refractivity contribution < 1.29 is 9.84 Å². The number of likely N-dealkylation sites (tertiary alicyclic amines) is 1. The summed E-state index contributed by atoms with van der Waals surface area (Å²) < 4.78 is 5.55. The molecule has 0 radical (unpaired) electrons. The van der Waals surface area contributed by atoms with Crippen molar-refractivity contribution in [1.82, 2.24) is 10.2 Å². The van der Waals surface area contributed by atoms with Crippen molar-refractivity contribution in [3.63, 3.8) is 0 Å². The molecule has 0 aliphatic carbocycles. The number of piperidine rings is 1. The molecule has 94 valence electrons. The summed E-state index contributed by atoms with van der Waals surface area (Å²) in [6.45, 7) is 5.79. The Morgan fingerprint density at radius 1 is 1.56 bits per heavy atom. The summed E-state index contributed by atoms with van der Waals surface area (Å²) in [7, 11) is 2.01. The Morgan fingerprint density at radius 2 is 2.44 bits per heavy atom. The first kappa shape index (κ1) is 12.3. The topological polar surface area (TPSA) is 44.7 Å². The summed E-state index contributed by atoms with van der Waals surface area (Å²) >= 11 is 0. The molecule has 2 N–H and O–H groups in total. The summed E-state index contributed by atoms with van der Waals surface area (Å²) in [5.41, 5.74) is 0.270. The fourth-order valence-corrected chi connectivity index (χ4v) is 2.99. The molecular formula is C12H24N2O2. The maximum atomic E-state index is 9.68. The Hall–Kier alpha value is -0.160. The lowest BCUT2D eigenvalue weighted by molar-refractivity contribution is 0.0384. The van der Waals surface area contributed by atoms with E-state index in [2.05, 4.69) is 10.2 Å². The van der Waals surface area contributed by atoms with Gasteiger partial charge in [-0.15, -0.1) is 0 Å². The molecule has 0 aromatic carbocycles. The number of aliphatic hydroxyl groups is 1. The van der Waals surface area contributed by atoms with Crippen LogP contribution in [0.4, 0.5) is 0 Å². The summed E-state index contributed by atoms with van der Waals surface area (Å²) in [6.07, 6.45) is 3.10. The van der Waals surface area contributed by atoms with E-state index in [1.54, 1.807) is 0 Å². The van der Waals surface area contributed by atoms with E-state index in [0.29, 0.717) is 0 Å². The van der Waals surface area contributed by atoms with E-state index in [1.807, 2.05) is 7.05 Å². The fraction of sp³-hybridized carbons (Fsp3) is 1.00. The normalized spacial score (nSPS) is 36.8. The minimum atomic E-state index is -0.122. The van der Waals surface area contributed by atoms with Gasteiger partial charge in [-0.05, 0) is 32.9 Å². The van der Waals surface area contributed by atoms with Gasteiger partial charge in [-0.2, -0.15) is 0 Å². The average molecular weight is 228 g/mol. The molecule has 2 heterocycles. The Morgan fingerprint density at radius 3 is 3.06 bits per heavy atom. The van der Waals surface area contributed by atoms with E-state index in [1.165, 1.54) is 0 Å². The van der Waals surface area contributed by atoms with E-state index in [0.717, 1.165) is 58.7 Å². The van der Waals surface area contributed by atoms with Gasteiger partial charge in [0.25, 0.3) is 0 Å².